The zero-order valence-corrected chi connectivity index (χ0v) is 20.6. The summed E-state index contributed by atoms with van der Waals surface area (Å²) < 4.78 is 25.7. The van der Waals surface area contributed by atoms with Crippen LogP contribution in [0.25, 0.3) is 0 Å². The smallest absolute Gasteiger partial charge is 0.383 e. The summed E-state index contributed by atoms with van der Waals surface area (Å²) in [4.78, 5) is 77.2. The van der Waals surface area contributed by atoms with Crippen molar-refractivity contribution in [1.29, 1.82) is 0 Å². The Hall–Kier alpha value is -2.86. The summed E-state index contributed by atoms with van der Waals surface area (Å²) in [5, 5.41) is 0.347. The molecule has 0 saturated carbocycles. The molecule has 0 aromatic carbocycles. The number of carbonyl (C=O) groups excluding carboxylic acids is 6. The van der Waals surface area contributed by atoms with Gasteiger partial charge < -0.3 is 45.7 Å². The van der Waals surface area contributed by atoms with Gasteiger partial charge in [-0.05, 0) is 6.42 Å². The lowest BCUT2D eigenvalue weighted by atomic mass is 10.1. The Labute approximate surface area is 212 Å². The normalized spacial score (nSPS) is 14.5. The maximum atomic E-state index is 12.8. The Morgan fingerprint density at radius 1 is 0.892 bits per heavy atom. The summed E-state index contributed by atoms with van der Waals surface area (Å²) in [6.07, 6.45) is -1.01. The van der Waals surface area contributed by atoms with Crippen LogP contribution in [0.5, 0.6) is 0 Å². The number of hydrogen-bond acceptors (Lipinski definition) is 15. The van der Waals surface area contributed by atoms with Crippen LogP contribution in [-0.2, 0) is 57.3 Å². The maximum absolute atomic E-state index is 12.8. The van der Waals surface area contributed by atoms with Gasteiger partial charge >= 0.3 is 23.7 Å². The van der Waals surface area contributed by atoms with Crippen molar-refractivity contribution in [3.63, 3.8) is 0 Å². The predicted molar refractivity (Wildman–Crippen MR) is 121 cm³/mol. The fraction of sp³-hybridized carbons (Fsp3) is 0.714. The Kier molecular flexibility index (Phi) is 14.6. The van der Waals surface area contributed by atoms with Gasteiger partial charge in [0, 0.05) is 32.9 Å². The topological polar surface area (TPSA) is 239 Å². The van der Waals surface area contributed by atoms with Crippen molar-refractivity contribution in [1.82, 2.24) is 5.06 Å². The standard InChI is InChI=1S/C21H34N4O12/c1-14(26)21(34-12-10-32-8-6-22,35-13-11-33-9-7-23)20(31)36-19(30)15(24)2-5-18(29)37-25-16(27)3-4-17(25)28/h15H,2-13,22-24H2,1H3/t15-/m0/s1. The largest absolute Gasteiger partial charge is 0.388 e. The lowest BCUT2D eigenvalue weighted by Crippen LogP contribution is -2.54. The fourth-order valence-corrected chi connectivity index (χ4v) is 2.80. The predicted octanol–water partition coefficient (Wildman–Crippen LogP) is -2.96. The number of esters is 2. The quantitative estimate of drug-likeness (QED) is 0.0493. The van der Waals surface area contributed by atoms with E-state index < -0.39 is 53.8 Å². The molecule has 1 atom stereocenters. The molecular weight excluding hydrogens is 500 g/mol. The van der Waals surface area contributed by atoms with Crippen LogP contribution in [0, 0.1) is 0 Å². The van der Waals surface area contributed by atoms with E-state index in [1.807, 2.05) is 0 Å². The first kappa shape index (κ1) is 32.2. The Morgan fingerprint density at radius 3 is 1.86 bits per heavy atom. The fourth-order valence-electron chi connectivity index (χ4n) is 2.80. The Balaban J connectivity index is 2.74. The highest BCUT2D eigenvalue weighted by Gasteiger charge is 2.49. The minimum Gasteiger partial charge on any atom is -0.388 e. The molecule has 1 saturated heterocycles. The minimum absolute atomic E-state index is 0.0514. The van der Waals surface area contributed by atoms with Gasteiger partial charge in [0.15, 0.2) is 0 Å². The van der Waals surface area contributed by atoms with E-state index >= 15 is 0 Å². The Bertz CT molecular complexity index is 791. The maximum Gasteiger partial charge on any atom is 0.383 e. The van der Waals surface area contributed by atoms with E-state index in [0.717, 1.165) is 6.92 Å². The molecule has 1 fully saturated rings. The number of nitrogens with two attached hydrogens (primary N) is 3. The highest BCUT2D eigenvalue weighted by Crippen LogP contribution is 2.19. The molecule has 0 aromatic rings. The molecule has 1 aliphatic heterocycles. The van der Waals surface area contributed by atoms with E-state index in [4.69, 9.17) is 40.9 Å². The molecule has 0 aromatic heterocycles. The van der Waals surface area contributed by atoms with Gasteiger partial charge in [-0.25, -0.2) is 14.4 Å². The molecule has 1 rings (SSSR count). The lowest BCUT2D eigenvalue weighted by molar-refractivity contribution is -0.243. The van der Waals surface area contributed by atoms with Gasteiger partial charge in [-0.15, -0.1) is 5.06 Å². The van der Waals surface area contributed by atoms with E-state index in [1.54, 1.807) is 0 Å². The van der Waals surface area contributed by atoms with Crippen molar-refractivity contribution in [3.05, 3.63) is 0 Å². The number of imide groups is 1. The van der Waals surface area contributed by atoms with Gasteiger partial charge in [0.2, 0.25) is 5.78 Å². The second kappa shape index (κ2) is 16.8. The van der Waals surface area contributed by atoms with Crippen molar-refractivity contribution in [2.24, 2.45) is 17.2 Å². The second-order valence-electron chi connectivity index (χ2n) is 7.57. The molecule has 1 aliphatic rings. The van der Waals surface area contributed by atoms with Gasteiger partial charge in [0.25, 0.3) is 11.8 Å². The third kappa shape index (κ3) is 10.6. The number of nitrogens with zero attached hydrogens (tertiary/aromatic N) is 1. The van der Waals surface area contributed by atoms with Crippen LogP contribution in [-0.4, -0.2) is 105 Å². The van der Waals surface area contributed by atoms with Crippen LogP contribution in [0.15, 0.2) is 0 Å². The number of Topliss-reactive ketones (excluding diaryl/α,β-unsaturated/α-hetero) is 1. The molecule has 16 nitrogen and oxygen atoms in total. The van der Waals surface area contributed by atoms with Crippen molar-refractivity contribution in [2.45, 2.75) is 44.4 Å². The van der Waals surface area contributed by atoms with E-state index in [-0.39, 0.29) is 72.0 Å². The van der Waals surface area contributed by atoms with Gasteiger partial charge in [0.1, 0.15) is 6.04 Å². The monoisotopic (exact) mass is 534 g/mol. The van der Waals surface area contributed by atoms with E-state index in [2.05, 4.69) is 4.84 Å². The van der Waals surface area contributed by atoms with Crippen LogP contribution in [0.3, 0.4) is 0 Å². The molecule has 0 unspecified atom stereocenters. The summed E-state index contributed by atoms with van der Waals surface area (Å²) in [5.74, 6) is -8.68. The second-order valence-corrected chi connectivity index (χ2v) is 7.57. The van der Waals surface area contributed by atoms with Crippen LogP contribution in [0.1, 0.15) is 32.6 Å². The first-order valence-corrected chi connectivity index (χ1v) is 11.5. The van der Waals surface area contributed by atoms with Gasteiger partial charge in [0.05, 0.1) is 46.1 Å². The number of carbonyl (C=O) groups is 6. The highest BCUT2D eigenvalue weighted by molar-refractivity contribution is 6.07. The summed E-state index contributed by atoms with van der Waals surface area (Å²) in [7, 11) is 0. The molecule has 6 N–H and O–H groups in total. The zero-order chi connectivity index (χ0) is 27.8. The molecule has 210 valence electrons. The highest BCUT2D eigenvalue weighted by atomic mass is 16.7. The SMILES string of the molecule is CC(=O)C(OCCOCCN)(OCCOCCN)C(=O)OC(=O)[C@@H](N)CCC(=O)ON1C(=O)CCC1=O. The van der Waals surface area contributed by atoms with Crippen LogP contribution >= 0.6 is 0 Å². The first-order chi connectivity index (χ1) is 17.6. The van der Waals surface area contributed by atoms with Crippen molar-refractivity contribution >= 4 is 35.5 Å². The van der Waals surface area contributed by atoms with E-state index in [0.29, 0.717) is 5.06 Å². The molecule has 37 heavy (non-hydrogen) atoms. The zero-order valence-electron chi connectivity index (χ0n) is 20.6. The summed E-state index contributed by atoms with van der Waals surface area (Å²) in [6.45, 7) is 1.17. The summed E-state index contributed by atoms with van der Waals surface area (Å²) >= 11 is 0. The van der Waals surface area contributed by atoms with Crippen LogP contribution in [0.4, 0.5) is 0 Å². The molecule has 0 bridgehead atoms. The number of ether oxygens (including phenoxy) is 5. The van der Waals surface area contributed by atoms with Crippen molar-refractivity contribution in [3.8, 4) is 0 Å². The molecule has 2 amide bonds. The number of ketones is 1. The van der Waals surface area contributed by atoms with Gasteiger partial charge in [-0.2, -0.15) is 0 Å². The van der Waals surface area contributed by atoms with Gasteiger partial charge in [-0.3, -0.25) is 14.4 Å². The number of rotatable bonds is 19. The van der Waals surface area contributed by atoms with Crippen molar-refractivity contribution in [2.75, 3.05) is 52.7 Å². The van der Waals surface area contributed by atoms with E-state index in [1.165, 1.54) is 0 Å². The molecule has 16 heteroatoms. The third-order valence-corrected chi connectivity index (χ3v) is 4.68. The number of hydrogen-bond donors (Lipinski definition) is 3. The molecule has 0 radical (unpaired) electrons. The van der Waals surface area contributed by atoms with E-state index in [9.17, 15) is 28.8 Å². The average molecular weight is 535 g/mol. The molecule has 1 heterocycles. The van der Waals surface area contributed by atoms with Crippen molar-refractivity contribution < 1.29 is 57.3 Å². The number of amides is 2. The Morgan fingerprint density at radius 2 is 1.41 bits per heavy atom. The van der Waals surface area contributed by atoms with Gasteiger partial charge in [-0.1, -0.05) is 0 Å². The summed E-state index contributed by atoms with van der Waals surface area (Å²) in [5.41, 5.74) is 16.3. The first-order valence-electron chi connectivity index (χ1n) is 11.5. The van der Waals surface area contributed by atoms with Crippen LogP contribution < -0.4 is 17.2 Å². The molecule has 0 aliphatic carbocycles. The number of hydroxylamine groups is 2. The molecular formula is C21H34N4O12. The minimum atomic E-state index is -2.62. The van der Waals surface area contributed by atoms with Crippen LogP contribution in [0.2, 0.25) is 0 Å². The average Bonchev–Trinajstić information content (AvgIpc) is 3.17. The summed E-state index contributed by atoms with van der Waals surface area (Å²) in [6, 6.07) is -1.51. The molecule has 0 spiro atoms. The lowest BCUT2D eigenvalue weighted by Gasteiger charge is -2.28. The third-order valence-electron chi connectivity index (χ3n) is 4.68.